The maximum Gasteiger partial charge on any atom is 0.138 e. The van der Waals surface area contributed by atoms with Crippen LogP contribution in [-0.2, 0) is 13.5 Å². The molecule has 0 spiro atoms. The largest absolute Gasteiger partial charge is 0.492 e. The lowest BCUT2D eigenvalue weighted by atomic mass is 10.2. The van der Waals surface area contributed by atoms with Crippen LogP contribution in [0, 0.1) is 0 Å². The van der Waals surface area contributed by atoms with Gasteiger partial charge in [0.2, 0.25) is 0 Å². The molecule has 1 aromatic heterocycles. The van der Waals surface area contributed by atoms with Crippen molar-refractivity contribution in [3.8, 4) is 5.75 Å². The molecule has 0 amide bonds. The summed E-state index contributed by atoms with van der Waals surface area (Å²) in [5.74, 6) is 1.76. The highest BCUT2D eigenvalue weighted by atomic mass is 35.5. The fourth-order valence-corrected chi connectivity index (χ4v) is 2.06. The van der Waals surface area contributed by atoms with E-state index in [4.69, 9.17) is 16.3 Å². The molecule has 0 fully saturated rings. The molecule has 108 valence electrons. The quantitative estimate of drug-likeness (QED) is 0.849. The van der Waals surface area contributed by atoms with Crippen LogP contribution in [-0.4, -0.2) is 34.0 Å². The van der Waals surface area contributed by atoms with Gasteiger partial charge in [0.25, 0.3) is 0 Å². The summed E-state index contributed by atoms with van der Waals surface area (Å²) in [6.45, 7) is 3.53. The molecule has 0 aliphatic rings. The van der Waals surface area contributed by atoms with Gasteiger partial charge in [0.1, 0.15) is 24.5 Å². The van der Waals surface area contributed by atoms with Gasteiger partial charge in [-0.25, -0.2) is 4.98 Å². The van der Waals surface area contributed by atoms with E-state index < -0.39 is 0 Å². The highest BCUT2D eigenvalue weighted by molar-refractivity contribution is 6.30. The molecular formula is C14H19ClN4O. The molecule has 0 saturated carbocycles. The van der Waals surface area contributed by atoms with Crippen LogP contribution in [0.15, 0.2) is 30.6 Å². The number of rotatable bonds is 7. The van der Waals surface area contributed by atoms with E-state index in [-0.39, 0.29) is 6.04 Å². The van der Waals surface area contributed by atoms with Crippen LogP contribution in [0.25, 0.3) is 0 Å². The first-order valence-corrected chi connectivity index (χ1v) is 7.01. The zero-order valence-corrected chi connectivity index (χ0v) is 12.5. The third kappa shape index (κ3) is 4.21. The summed E-state index contributed by atoms with van der Waals surface area (Å²) in [5, 5.41) is 8.19. The van der Waals surface area contributed by atoms with Crippen molar-refractivity contribution in [2.45, 2.75) is 19.4 Å². The van der Waals surface area contributed by atoms with E-state index in [1.54, 1.807) is 11.0 Å². The van der Waals surface area contributed by atoms with Gasteiger partial charge in [-0.2, -0.15) is 5.10 Å². The second-order valence-electron chi connectivity index (χ2n) is 4.52. The second kappa shape index (κ2) is 7.26. The van der Waals surface area contributed by atoms with Crippen molar-refractivity contribution in [2.75, 3.05) is 13.2 Å². The molecule has 0 radical (unpaired) electrons. The molecule has 1 N–H and O–H groups in total. The predicted molar refractivity (Wildman–Crippen MR) is 79.1 cm³/mol. The lowest BCUT2D eigenvalue weighted by Crippen LogP contribution is -2.37. The molecule has 1 heterocycles. The number of aryl methyl sites for hydroxylation is 1. The average molecular weight is 295 g/mol. The summed E-state index contributed by atoms with van der Waals surface area (Å²) in [7, 11) is 1.89. The lowest BCUT2D eigenvalue weighted by Gasteiger charge is -2.18. The van der Waals surface area contributed by atoms with E-state index in [0.717, 1.165) is 24.5 Å². The van der Waals surface area contributed by atoms with Crippen molar-refractivity contribution < 1.29 is 4.74 Å². The van der Waals surface area contributed by atoms with Gasteiger partial charge in [0, 0.05) is 24.5 Å². The Morgan fingerprint density at radius 2 is 2.10 bits per heavy atom. The monoisotopic (exact) mass is 294 g/mol. The Labute approximate surface area is 123 Å². The van der Waals surface area contributed by atoms with E-state index >= 15 is 0 Å². The SMILES string of the molecule is CCNC(COc1ccc(Cl)cc1)Cc1ncnn1C. The van der Waals surface area contributed by atoms with Gasteiger partial charge in [0.05, 0.1) is 0 Å². The molecule has 20 heavy (non-hydrogen) atoms. The molecule has 0 bridgehead atoms. The fourth-order valence-electron chi connectivity index (χ4n) is 1.93. The van der Waals surface area contributed by atoms with E-state index in [1.807, 2.05) is 31.3 Å². The number of aromatic nitrogens is 3. The number of hydrogen-bond donors (Lipinski definition) is 1. The zero-order chi connectivity index (χ0) is 14.4. The first-order chi connectivity index (χ1) is 9.69. The average Bonchev–Trinajstić information content (AvgIpc) is 2.84. The predicted octanol–water partition coefficient (Wildman–Crippen LogP) is 2.07. The van der Waals surface area contributed by atoms with Crippen LogP contribution < -0.4 is 10.1 Å². The molecular weight excluding hydrogens is 276 g/mol. The molecule has 2 aromatic rings. The van der Waals surface area contributed by atoms with Crippen molar-refractivity contribution in [1.29, 1.82) is 0 Å². The van der Waals surface area contributed by atoms with Crippen LogP contribution in [0.1, 0.15) is 12.7 Å². The van der Waals surface area contributed by atoms with Crippen molar-refractivity contribution in [3.05, 3.63) is 41.4 Å². The van der Waals surface area contributed by atoms with Crippen LogP contribution in [0.5, 0.6) is 5.75 Å². The number of ether oxygens (including phenoxy) is 1. The van der Waals surface area contributed by atoms with Crippen LogP contribution in [0.4, 0.5) is 0 Å². The van der Waals surface area contributed by atoms with E-state index in [0.29, 0.717) is 11.6 Å². The maximum absolute atomic E-state index is 5.85. The molecule has 1 aromatic carbocycles. The molecule has 1 atom stereocenters. The van der Waals surface area contributed by atoms with Gasteiger partial charge < -0.3 is 10.1 Å². The molecule has 0 aliphatic carbocycles. The molecule has 2 rings (SSSR count). The van der Waals surface area contributed by atoms with Gasteiger partial charge in [-0.15, -0.1) is 0 Å². The van der Waals surface area contributed by atoms with Crippen LogP contribution >= 0.6 is 11.6 Å². The third-order valence-electron chi connectivity index (χ3n) is 2.99. The van der Waals surface area contributed by atoms with Crippen molar-refractivity contribution in [2.24, 2.45) is 7.05 Å². The first kappa shape index (κ1) is 14.8. The highest BCUT2D eigenvalue weighted by Crippen LogP contribution is 2.15. The van der Waals surface area contributed by atoms with E-state index in [2.05, 4.69) is 22.3 Å². The van der Waals surface area contributed by atoms with Crippen molar-refractivity contribution in [1.82, 2.24) is 20.1 Å². The van der Waals surface area contributed by atoms with Gasteiger partial charge in [-0.05, 0) is 30.8 Å². The Hall–Kier alpha value is -1.59. The number of hydrogen-bond acceptors (Lipinski definition) is 4. The standard InChI is InChI=1S/C14H19ClN4O/c1-3-16-12(8-14-17-10-18-19(14)2)9-20-13-6-4-11(15)5-7-13/h4-7,10,12,16H,3,8-9H2,1-2H3. The van der Waals surface area contributed by atoms with Gasteiger partial charge in [0.15, 0.2) is 0 Å². The fraction of sp³-hybridized carbons (Fsp3) is 0.429. The number of nitrogens with zero attached hydrogens (tertiary/aromatic N) is 3. The minimum absolute atomic E-state index is 0.193. The van der Waals surface area contributed by atoms with Gasteiger partial charge in [-0.1, -0.05) is 18.5 Å². The van der Waals surface area contributed by atoms with E-state index in [1.165, 1.54) is 0 Å². The Bertz CT molecular complexity index is 526. The summed E-state index contributed by atoms with van der Waals surface area (Å²) in [4.78, 5) is 4.24. The topological polar surface area (TPSA) is 52.0 Å². The lowest BCUT2D eigenvalue weighted by molar-refractivity contribution is 0.262. The summed E-state index contributed by atoms with van der Waals surface area (Å²) in [6, 6.07) is 7.57. The zero-order valence-electron chi connectivity index (χ0n) is 11.7. The van der Waals surface area contributed by atoms with E-state index in [9.17, 15) is 0 Å². The minimum atomic E-state index is 0.193. The molecule has 5 nitrogen and oxygen atoms in total. The Kier molecular flexibility index (Phi) is 5.38. The molecule has 1 unspecified atom stereocenters. The second-order valence-corrected chi connectivity index (χ2v) is 4.96. The molecule has 0 saturated heterocycles. The highest BCUT2D eigenvalue weighted by Gasteiger charge is 2.12. The Morgan fingerprint density at radius 1 is 1.35 bits per heavy atom. The smallest absolute Gasteiger partial charge is 0.138 e. The van der Waals surface area contributed by atoms with Gasteiger partial charge >= 0.3 is 0 Å². The first-order valence-electron chi connectivity index (χ1n) is 6.63. The minimum Gasteiger partial charge on any atom is -0.492 e. The van der Waals surface area contributed by atoms with Crippen LogP contribution in [0.3, 0.4) is 0 Å². The number of nitrogens with one attached hydrogen (secondary N) is 1. The van der Waals surface area contributed by atoms with Crippen molar-refractivity contribution >= 4 is 11.6 Å². The van der Waals surface area contributed by atoms with Crippen molar-refractivity contribution in [3.63, 3.8) is 0 Å². The summed E-state index contributed by atoms with van der Waals surface area (Å²) in [6.07, 6.45) is 2.34. The Balaban J connectivity index is 1.92. The van der Waals surface area contributed by atoms with Gasteiger partial charge in [-0.3, -0.25) is 4.68 Å². The summed E-state index contributed by atoms with van der Waals surface area (Å²) >= 11 is 5.85. The number of benzene rings is 1. The van der Waals surface area contributed by atoms with Crippen LogP contribution in [0.2, 0.25) is 5.02 Å². The molecule has 6 heteroatoms. The normalized spacial score (nSPS) is 12.3. The molecule has 0 aliphatic heterocycles. The third-order valence-corrected chi connectivity index (χ3v) is 3.24. The number of likely N-dealkylation sites (N-methyl/N-ethyl adjacent to an activating group) is 1. The Morgan fingerprint density at radius 3 is 2.70 bits per heavy atom. The summed E-state index contributed by atoms with van der Waals surface area (Å²) in [5.41, 5.74) is 0. The number of halogens is 1. The maximum atomic E-state index is 5.85. The summed E-state index contributed by atoms with van der Waals surface area (Å²) < 4.78 is 7.57.